The summed E-state index contributed by atoms with van der Waals surface area (Å²) in [4.78, 5) is 24.2. The average molecular weight is 455 g/mol. The molecule has 31 heavy (non-hydrogen) atoms. The minimum atomic E-state index is -4.62. The predicted molar refractivity (Wildman–Crippen MR) is 114 cm³/mol. The van der Waals surface area contributed by atoms with Gasteiger partial charge in [0.25, 0.3) is 5.91 Å². The average Bonchev–Trinajstić information content (AvgIpc) is 2.72. The fourth-order valence-corrected chi connectivity index (χ4v) is 3.56. The number of ether oxygens (including phenoxy) is 2. The largest absolute Gasteiger partial charge is 0.493 e. The molecule has 2 rings (SSSR count). The Kier molecular flexibility index (Phi) is 8.38. The number of hydrogen-bond acceptors (Lipinski definition) is 5. The normalized spacial score (nSPS) is 12.2. The summed E-state index contributed by atoms with van der Waals surface area (Å²) in [6.07, 6.45) is -3.81. The first-order valence-corrected chi connectivity index (χ1v) is 10.4. The molecule has 1 N–H and O–H groups in total. The van der Waals surface area contributed by atoms with Crippen LogP contribution in [0.4, 0.5) is 18.9 Å². The summed E-state index contributed by atoms with van der Waals surface area (Å²) in [6, 6.07) is 8.26. The van der Waals surface area contributed by atoms with Crippen LogP contribution < -0.4 is 14.8 Å². The zero-order valence-electron chi connectivity index (χ0n) is 17.6. The smallest absolute Gasteiger partial charge is 0.418 e. The Hall–Kier alpha value is -2.68. The van der Waals surface area contributed by atoms with Crippen molar-refractivity contribution in [1.29, 1.82) is 0 Å². The minimum Gasteiger partial charge on any atom is -0.493 e. The number of carbonyl (C=O) groups excluding carboxylic acids is 2. The number of halogens is 3. The predicted octanol–water partition coefficient (Wildman–Crippen LogP) is 5.82. The van der Waals surface area contributed by atoms with Crippen LogP contribution in [0.2, 0.25) is 0 Å². The van der Waals surface area contributed by atoms with Gasteiger partial charge in [-0.05, 0) is 49.7 Å². The molecule has 0 aliphatic rings. The second-order valence-electron chi connectivity index (χ2n) is 6.80. The molecule has 0 aliphatic carbocycles. The van der Waals surface area contributed by atoms with Crippen molar-refractivity contribution >= 4 is 29.1 Å². The molecule has 2 aromatic rings. The van der Waals surface area contributed by atoms with Crippen molar-refractivity contribution < 1.29 is 32.2 Å². The third-order valence-corrected chi connectivity index (χ3v) is 5.67. The second-order valence-corrected chi connectivity index (χ2v) is 8.31. The van der Waals surface area contributed by atoms with Crippen molar-refractivity contribution in [1.82, 2.24) is 0 Å². The summed E-state index contributed by atoms with van der Waals surface area (Å²) in [7, 11) is 1.38. The third-order valence-electron chi connectivity index (χ3n) is 4.41. The van der Waals surface area contributed by atoms with E-state index in [2.05, 4.69) is 5.32 Å². The Morgan fingerprint density at radius 1 is 1.13 bits per heavy atom. The molecule has 0 saturated carbocycles. The monoisotopic (exact) mass is 455 g/mol. The SMILES string of the molecule is CCC(C)Sc1ccc(NC(=O)COc2ccc(C(C)=O)cc2OC)c(C(F)(F)F)c1. The standard InChI is InChI=1S/C22H24F3NO4S/c1-5-13(2)31-16-7-8-18(17(11-16)22(23,24)25)26-21(28)12-30-19-9-6-15(14(3)27)10-20(19)29-4/h6-11,13H,5,12H2,1-4H3,(H,26,28). The number of hydrogen-bond donors (Lipinski definition) is 1. The van der Waals surface area contributed by atoms with E-state index in [1.807, 2.05) is 13.8 Å². The van der Waals surface area contributed by atoms with E-state index in [9.17, 15) is 22.8 Å². The molecule has 2 aromatic carbocycles. The summed E-state index contributed by atoms with van der Waals surface area (Å²) in [6.45, 7) is 4.76. The van der Waals surface area contributed by atoms with Gasteiger partial charge in [-0.3, -0.25) is 9.59 Å². The fourth-order valence-electron chi connectivity index (χ4n) is 2.59. The third kappa shape index (κ3) is 6.92. The van der Waals surface area contributed by atoms with E-state index in [1.165, 1.54) is 50.1 Å². The number of benzene rings is 2. The molecule has 1 unspecified atom stereocenters. The number of nitrogens with one attached hydrogen (secondary N) is 1. The van der Waals surface area contributed by atoms with Crippen LogP contribution in [-0.2, 0) is 11.0 Å². The molecular formula is C22H24F3NO4S. The van der Waals surface area contributed by atoms with Crippen molar-refractivity contribution in [3.63, 3.8) is 0 Å². The van der Waals surface area contributed by atoms with Crippen molar-refractivity contribution in [2.75, 3.05) is 19.0 Å². The maximum atomic E-state index is 13.5. The van der Waals surface area contributed by atoms with Gasteiger partial charge in [0.2, 0.25) is 0 Å². The fraction of sp³-hybridized carbons (Fsp3) is 0.364. The molecule has 5 nitrogen and oxygen atoms in total. The first kappa shape index (κ1) is 24.6. The van der Waals surface area contributed by atoms with E-state index < -0.39 is 24.3 Å². The molecular weight excluding hydrogens is 431 g/mol. The number of rotatable bonds is 9. The number of Topliss-reactive ketones (excluding diaryl/α,β-unsaturated/α-hetero) is 1. The lowest BCUT2D eigenvalue weighted by Crippen LogP contribution is -2.22. The van der Waals surface area contributed by atoms with Crippen molar-refractivity contribution in [3.8, 4) is 11.5 Å². The molecule has 1 amide bonds. The number of carbonyl (C=O) groups is 2. The van der Waals surface area contributed by atoms with E-state index >= 15 is 0 Å². The Bertz CT molecular complexity index is 947. The Balaban J connectivity index is 2.14. The van der Waals surface area contributed by atoms with E-state index in [-0.39, 0.29) is 28.2 Å². The van der Waals surface area contributed by atoms with Gasteiger partial charge in [-0.2, -0.15) is 13.2 Å². The molecule has 0 radical (unpaired) electrons. The van der Waals surface area contributed by atoms with Crippen LogP contribution in [0.3, 0.4) is 0 Å². The van der Waals surface area contributed by atoms with Crippen LogP contribution in [0.5, 0.6) is 11.5 Å². The Labute approximate surface area is 183 Å². The molecule has 0 aromatic heterocycles. The Morgan fingerprint density at radius 2 is 1.84 bits per heavy atom. The number of anilines is 1. The molecule has 0 fully saturated rings. The van der Waals surface area contributed by atoms with Gasteiger partial charge in [-0.1, -0.05) is 13.8 Å². The van der Waals surface area contributed by atoms with Crippen LogP contribution in [0, 0.1) is 0 Å². The van der Waals surface area contributed by atoms with Crippen LogP contribution in [0.25, 0.3) is 0 Å². The minimum absolute atomic E-state index is 0.166. The number of amides is 1. The summed E-state index contributed by atoms with van der Waals surface area (Å²) in [5.74, 6) is -0.496. The zero-order chi connectivity index (χ0) is 23.2. The molecule has 0 aliphatic heterocycles. The quantitative estimate of drug-likeness (QED) is 0.381. The summed E-state index contributed by atoms with van der Waals surface area (Å²) >= 11 is 1.34. The first-order valence-electron chi connectivity index (χ1n) is 9.54. The topological polar surface area (TPSA) is 64.6 Å². The lowest BCUT2D eigenvalue weighted by atomic mass is 10.1. The van der Waals surface area contributed by atoms with Crippen LogP contribution in [-0.4, -0.2) is 30.7 Å². The lowest BCUT2D eigenvalue weighted by Gasteiger charge is -2.17. The van der Waals surface area contributed by atoms with Gasteiger partial charge >= 0.3 is 6.18 Å². The maximum Gasteiger partial charge on any atom is 0.418 e. The molecule has 168 valence electrons. The van der Waals surface area contributed by atoms with Crippen molar-refractivity contribution in [2.24, 2.45) is 0 Å². The highest BCUT2D eigenvalue weighted by atomic mass is 32.2. The van der Waals surface area contributed by atoms with Crippen LogP contribution >= 0.6 is 11.8 Å². The van der Waals surface area contributed by atoms with E-state index in [0.29, 0.717) is 10.5 Å². The second kappa shape index (κ2) is 10.6. The van der Waals surface area contributed by atoms with E-state index in [0.717, 1.165) is 12.5 Å². The molecule has 0 spiro atoms. The van der Waals surface area contributed by atoms with Crippen LogP contribution in [0.15, 0.2) is 41.3 Å². The summed E-state index contributed by atoms with van der Waals surface area (Å²) in [5, 5.41) is 2.43. The molecule has 1 atom stereocenters. The Morgan fingerprint density at radius 3 is 2.42 bits per heavy atom. The highest BCUT2D eigenvalue weighted by molar-refractivity contribution is 7.99. The van der Waals surface area contributed by atoms with Gasteiger partial charge in [-0.25, -0.2) is 0 Å². The zero-order valence-corrected chi connectivity index (χ0v) is 18.4. The number of alkyl halides is 3. The van der Waals surface area contributed by atoms with Gasteiger partial charge in [0.1, 0.15) is 0 Å². The van der Waals surface area contributed by atoms with E-state index in [4.69, 9.17) is 9.47 Å². The lowest BCUT2D eigenvalue weighted by molar-refractivity contribution is -0.137. The van der Waals surface area contributed by atoms with Gasteiger partial charge in [0, 0.05) is 15.7 Å². The molecule has 0 saturated heterocycles. The first-order chi connectivity index (χ1) is 14.5. The number of ketones is 1. The van der Waals surface area contributed by atoms with Gasteiger partial charge < -0.3 is 14.8 Å². The van der Waals surface area contributed by atoms with Gasteiger partial charge in [0.05, 0.1) is 18.4 Å². The van der Waals surface area contributed by atoms with Gasteiger partial charge in [-0.15, -0.1) is 11.8 Å². The molecule has 0 bridgehead atoms. The maximum absolute atomic E-state index is 13.5. The summed E-state index contributed by atoms with van der Waals surface area (Å²) < 4.78 is 51.1. The van der Waals surface area contributed by atoms with Crippen LogP contribution in [0.1, 0.15) is 43.1 Å². The van der Waals surface area contributed by atoms with Crippen molar-refractivity contribution in [2.45, 2.75) is 43.5 Å². The van der Waals surface area contributed by atoms with E-state index in [1.54, 1.807) is 6.07 Å². The number of methoxy groups -OCH3 is 1. The molecule has 9 heteroatoms. The highest BCUT2D eigenvalue weighted by Crippen LogP contribution is 2.38. The molecule has 0 heterocycles. The number of thioether (sulfide) groups is 1. The van der Waals surface area contributed by atoms with Gasteiger partial charge in [0.15, 0.2) is 23.9 Å². The highest BCUT2D eigenvalue weighted by Gasteiger charge is 2.34. The summed E-state index contributed by atoms with van der Waals surface area (Å²) in [5.41, 5.74) is -0.857. The van der Waals surface area contributed by atoms with Crippen molar-refractivity contribution in [3.05, 3.63) is 47.5 Å².